The Morgan fingerprint density at radius 1 is 0.950 bits per heavy atom. The van der Waals surface area contributed by atoms with Crippen molar-refractivity contribution >= 4 is 33.0 Å². The molecular weight excluding hydrogens is 262 g/mol. The highest BCUT2D eigenvalue weighted by molar-refractivity contribution is 7.13. The highest BCUT2D eigenvalue weighted by atomic mass is 32.1. The van der Waals surface area contributed by atoms with Gasteiger partial charge in [-0.05, 0) is 46.8 Å². The lowest BCUT2D eigenvalue weighted by molar-refractivity contribution is 1.38. The average Bonchev–Trinajstić information content (AvgIpc) is 3.01. The molecule has 0 atom stereocenters. The number of thiophene rings is 1. The molecule has 2 heteroatoms. The van der Waals surface area contributed by atoms with Crippen LogP contribution in [0.4, 0.5) is 0 Å². The van der Waals surface area contributed by atoms with Crippen molar-refractivity contribution in [2.75, 3.05) is 0 Å². The van der Waals surface area contributed by atoms with E-state index in [9.17, 15) is 0 Å². The van der Waals surface area contributed by atoms with Crippen molar-refractivity contribution in [2.45, 2.75) is 6.92 Å². The lowest BCUT2D eigenvalue weighted by Gasteiger charge is -2.08. The maximum absolute atomic E-state index is 4.84. The molecule has 0 aliphatic carbocycles. The second-order valence-electron chi connectivity index (χ2n) is 4.98. The number of hydrogen-bond acceptors (Lipinski definition) is 2. The fourth-order valence-corrected chi connectivity index (χ4v) is 3.44. The van der Waals surface area contributed by atoms with Crippen molar-refractivity contribution in [2.24, 2.45) is 0 Å². The summed E-state index contributed by atoms with van der Waals surface area (Å²) in [5.41, 5.74) is 3.43. The molecule has 0 fully saturated rings. The molecule has 0 saturated heterocycles. The number of pyridine rings is 1. The van der Waals surface area contributed by atoms with Crippen LogP contribution in [0.2, 0.25) is 0 Å². The predicted molar refractivity (Wildman–Crippen MR) is 87.3 cm³/mol. The number of aromatic nitrogens is 1. The van der Waals surface area contributed by atoms with E-state index in [1.165, 1.54) is 26.6 Å². The fourth-order valence-electron chi connectivity index (χ4n) is 2.76. The summed E-state index contributed by atoms with van der Waals surface area (Å²) in [6, 6.07) is 19.2. The van der Waals surface area contributed by atoms with Crippen LogP contribution in [0.15, 0.2) is 60.0 Å². The standard InChI is InChI=1S/C18H13NS/c1-12-11-16(17-7-4-10-20-17)19-15-9-8-13-5-2-3-6-14(13)18(12)15/h2-11H,1H3. The number of aryl methyl sites for hydroxylation is 1. The van der Waals surface area contributed by atoms with Gasteiger partial charge in [0.2, 0.25) is 0 Å². The van der Waals surface area contributed by atoms with Gasteiger partial charge in [0.05, 0.1) is 16.1 Å². The molecule has 0 saturated carbocycles. The molecule has 0 bridgehead atoms. The quantitative estimate of drug-likeness (QED) is 0.422. The Hall–Kier alpha value is -2.19. The zero-order chi connectivity index (χ0) is 13.5. The molecule has 4 aromatic rings. The lowest BCUT2D eigenvalue weighted by atomic mass is 10.0. The third kappa shape index (κ3) is 1.73. The molecule has 96 valence electrons. The average molecular weight is 275 g/mol. The zero-order valence-electron chi connectivity index (χ0n) is 11.1. The first-order valence-electron chi connectivity index (χ1n) is 6.66. The Morgan fingerprint density at radius 3 is 2.70 bits per heavy atom. The van der Waals surface area contributed by atoms with Gasteiger partial charge in [-0.15, -0.1) is 11.3 Å². The highest BCUT2D eigenvalue weighted by Gasteiger charge is 2.08. The zero-order valence-corrected chi connectivity index (χ0v) is 11.9. The number of nitrogens with zero attached hydrogens (tertiary/aromatic N) is 1. The SMILES string of the molecule is Cc1cc(-c2cccs2)nc2ccc3ccccc3c12. The van der Waals surface area contributed by atoms with Crippen molar-refractivity contribution < 1.29 is 0 Å². The first-order chi connectivity index (χ1) is 9.83. The van der Waals surface area contributed by atoms with Crippen LogP contribution >= 0.6 is 11.3 Å². The van der Waals surface area contributed by atoms with E-state index in [1.54, 1.807) is 11.3 Å². The summed E-state index contributed by atoms with van der Waals surface area (Å²) in [4.78, 5) is 6.06. The Labute approximate surface area is 121 Å². The van der Waals surface area contributed by atoms with Gasteiger partial charge in [-0.3, -0.25) is 0 Å². The van der Waals surface area contributed by atoms with Gasteiger partial charge in [0.15, 0.2) is 0 Å². The van der Waals surface area contributed by atoms with Crippen molar-refractivity contribution in [1.82, 2.24) is 4.98 Å². The minimum atomic E-state index is 1.07. The Bertz CT molecular complexity index is 907. The van der Waals surface area contributed by atoms with Gasteiger partial charge in [-0.2, -0.15) is 0 Å². The minimum Gasteiger partial charge on any atom is -0.247 e. The van der Waals surface area contributed by atoms with E-state index in [2.05, 4.69) is 66.9 Å². The summed E-state index contributed by atoms with van der Waals surface area (Å²) >= 11 is 1.73. The minimum absolute atomic E-state index is 1.07. The Balaban J connectivity index is 2.10. The Kier molecular flexibility index (Phi) is 2.57. The molecule has 2 heterocycles. The maximum atomic E-state index is 4.84. The van der Waals surface area contributed by atoms with Crippen LogP contribution in [0, 0.1) is 6.92 Å². The van der Waals surface area contributed by atoms with Crippen molar-refractivity contribution in [1.29, 1.82) is 0 Å². The first kappa shape index (κ1) is 11.6. The number of fused-ring (bicyclic) bond motifs is 3. The van der Waals surface area contributed by atoms with Crippen LogP contribution < -0.4 is 0 Å². The summed E-state index contributed by atoms with van der Waals surface area (Å²) < 4.78 is 0. The molecule has 0 aliphatic rings. The van der Waals surface area contributed by atoms with Crippen LogP contribution in [0.3, 0.4) is 0 Å². The van der Waals surface area contributed by atoms with Crippen LogP contribution in [0.5, 0.6) is 0 Å². The molecule has 0 N–H and O–H groups in total. The van der Waals surface area contributed by atoms with Gasteiger partial charge in [-0.25, -0.2) is 4.98 Å². The number of benzene rings is 2. The molecule has 0 unspecified atom stereocenters. The molecular formula is C18H13NS. The van der Waals surface area contributed by atoms with Crippen LogP contribution in [-0.4, -0.2) is 4.98 Å². The van der Waals surface area contributed by atoms with E-state index in [-0.39, 0.29) is 0 Å². The van der Waals surface area contributed by atoms with Crippen molar-refractivity contribution in [3.8, 4) is 10.6 Å². The van der Waals surface area contributed by atoms with Gasteiger partial charge in [0.1, 0.15) is 0 Å². The molecule has 4 rings (SSSR count). The highest BCUT2D eigenvalue weighted by Crippen LogP contribution is 2.31. The molecule has 0 radical (unpaired) electrons. The second-order valence-corrected chi connectivity index (χ2v) is 5.93. The third-order valence-corrected chi connectivity index (χ3v) is 4.56. The second kappa shape index (κ2) is 4.43. The van der Waals surface area contributed by atoms with E-state index in [0.29, 0.717) is 0 Å². The summed E-state index contributed by atoms with van der Waals surface area (Å²) in [6.45, 7) is 2.17. The maximum Gasteiger partial charge on any atom is 0.0812 e. The molecule has 2 aromatic carbocycles. The van der Waals surface area contributed by atoms with E-state index < -0.39 is 0 Å². The van der Waals surface area contributed by atoms with Crippen LogP contribution in [-0.2, 0) is 0 Å². The predicted octanol–water partition coefficient (Wildman–Crippen LogP) is 5.42. The number of rotatable bonds is 1. The van der Waals surface area contributed by atoms with Gasteiger partial charge in [-0.1, -0.05) is 36.4 Å². The molecule has 20 heavy (non-hydrogen) atoms. The number of hydrogen-bond donors (Lipinski definition) is 0. The van der Waals surface area contributed by atoms with Crippen LogP contribution in [0.25, 0.3) is 32.2 Å². The Morgan fingerprint density at radius 2 is 1.85 bits per heavy atom. The normalized spacial score (nSPS) is 11.2. The van der Waals surface area contributed by atoms with E-state index in [4.69, 9.17) is 4.98 Å². The lowest BCUT2D eigenvalue weighted by Crippen LogP contribution is -1.88. The van der Waals surface area contributed by atoms with E-state index >= 15 is 0 Å². The summed E-state index contributed by atoms with van der Waals surface area (Å²) in [5.74, 6) is 0. The van der Waals surface area contributed by atoms with E-state index in [0.717, 1.165) is 11.2 Å². The summed E-state index contributed by atoms with van der Waals surface area (Å²) in [6.07, 6.45) is 0. The van der Waals surface area contributed by atoms with Crippen molar-refractivity contribution in [3.63, 3.8) is 0 Å². The third-order valence-electron chi connectivity index (χ3n) is 3.67. The smallest absolute Gasteiger partial charge is 0.0812 e. The monoisotopic (exact) mass is 275 g/mol. The molecule has 0 aliphatic heterocycles. The van der Waals surface area contributed by atoms with E-state index in [1.807, 2.05) is 0 Å². The van der Waals surface area contributed by atoms with Gasteiger partial charge < -0.3 is 0 Å². The van der Waals surface area contributed by atoms with Crippen molar-refractivity contribution in [3.05, 3.63) is 65.5 Å². The summed E-state index contributed by atoms with van der Waals surface area (Å²) in [5, 5.41) is 5.92. The molecule has 2 aromatic heterocycles. The summed E-state index contributed by atoms with van der Waals surface area (Å²) in [7, 11) is 0. The first-order valence-corrected chi connectivity index (χ1v) is 7.54. The van der Waals surface area contributed by atoms with Gasteiger partial charge in [0, 0.05) is 5.39 Å². The molecule has 1 nitrogen and oxygen atoms in total. The molecule has 0 amide bonds. The van der Waals surface area contributed by atoms with Gasteiger partial charge >= 0.3 is 0 Å². The molecule has 0 spiro atoms. The fraction of sp³-hybridized carbons (Fsp3) is 0.0556. The van der Waals surface area contributed by atoms with Crippen LogP contribution in [0.1, 0.15) is 5.56 Å². The largest absolute Gasteiger partial charge is 0.247 e. The topological polar surface area (TPSA) is 12.9 Å². The van der Waals surface area contributed by atoms with Gasteiger partial charge in [0.25, 0.3) is 0 Å².